The highest BCUT2D eigenvalue weighted by molar-refractivity contribution is 7.85. The van der Waals surface area contributed by atoms with Crippen LogP contribution in [0.15, 0.2) is 29.2 Å². The van der Waals surface area contributed by atoms with Gasteiger partial charge in [-0.2, -0.15) is 0 Å². The van der Waals surface area contributed by atoms with Gasteiger partial charge < -0.3 is 10.8 Å². The zero-order valence-corrected chi connectivity index (χ0v) is 9.16. The first-order valence-electron chi connectivity index (χ1n) is 4.44. The smallest absolute Gasteiger partial charge is 0.321 e. The Labute approximate surface area is 90.6 Å². The summed E-state index contributed by atoms with van der Waals surface area (Å²) in [5, 5.41) is 8.57. The maximum Gasteiger partial charge on any atom is 0.321 e. The van der Waals surface area contributed by atoms with Gasteiger partial charge in [-0.05, 0) is 24.6 Å². The molecule has 0 aliphatic heterocycles. The Morgan fingerprint density at radius 1 is 1.60 bits per heavy atom. The van der Waals surface area contributed by atoms with Crippen molar-refractivity contribution in [2.75, 3.05) is 5.75 Å². The van der Waals surface area contributed by atoms with Crippen LogP contribution in [-0.4, -0.2) is 27.1 Å². The second-order valence-corrected chi connectivity index (χ2v) is 4.77. The fourth-order valence-electron chi connectivity index (χ4n) is 1.09. The molecule has 3 N–H and O–H groups in total. The molecule has 5 heteroatoms. The summed E-state index contributed by atoms with van der Waals surface area (Å²) in [6.07, 6.45) is 0. The van der Waals surface area contributed by atoms with E-state index in [4.69, 9.17) is 10.8 Å². The van der Waals surface area contributed by atoms with E-state index < -0.39 is 22.8 Å². The molecular formula is C10H13NO3S. The van der Waals surface area contributed by atoms with E-state index in [9.17, 15) is 9.00 Å². The van der Waals surface area contributed by atoms with E-state index in [1.165, 1.54) is 0 Å². The van der Waals surface area contributed by atoms with Crippen LogP contribution in [0.4, 0.5) is 0 Å². The SMILES string of the molecule is Cc1cccc(S(=O)CC(N)C(=O)O)c1. The molecule has 0 saturated carbocycles. The largest absolute Gasteiger partial charge is 0.480 e. The summed E-state index contributed by atoms with van der Waals surface area (Å²) in [6.45, 7) is 1.89. The average molecular weight is 227 g/mol. The number of aliphatic carboxylic acids is 1. The van der Waals surface area contributed by atoms with Gasteiger partial charge >= 0.3 is 5.97 Å². The molecule has 2 unspecified atom stereocenters. The average Bonchev–Trinajstić information content (AvgIpc) is 2.17. The standard InChI is InChI=1S/C10H13NO3S/c1-7-3-2-4-8(5-7)15(14)6-9(11)10(12)13/h2-5,9H,6,11H2,1H3,(H,12,13). The van der Waals surface area contributed by atoms with Crippen LogP contribution in [0.3, 0.4) is 0 Å². The molecule has 0 saturated heterocycles. The van der Waals surface area contributed by atoms with Crippen molar-refractivity contribution in [3.05, 3.63) is 29.8 Å². The summed E-state index contributed by atoms with van der Waals surface area (Å²) >= 11 is 0. The van der Waals surface area contributed by atoms with Gasteiger partial charge in [-0.3, -0.25) is 9.00 Å². The third-order valence-electron chi connectivity index (χ3n) is 1.90. The van der Waals surface area contributed by atoms with Gasteiger partial charge in [0.1, 0.15) is 6.04 Å². The molecular weight excluding hydrogens is 214 g/mol. The van der Waals surface area contributed by atoms with Gasteiger partial charge in [0, 0.05) is 4.90 Å². The number of carbonyl (C=O) groups is 1. The van der Waals surface area contributed by atoms with Crippen LogP contribution in [0.2, 0.25) is 0 Å². The normalized spacial score (nSPS) is 14.5. The van der Waals surface area contributed by atoms with Gasteiger partial charge in [-0.1, -0.05) is 12.1 Å². The second kappa shape index (κ2) is 5.04. The summed E-state index contributed by atoms with van der Waals surface area (Å²) in [4.78, 5) is 11.1. The van der Waals surface area contributed by atoms with Crippen LogP contribution < -0.4 is 5.73 Å². The fraction of sp³-hybridized carbons (Fsp3) is 0.300. The van der Waals surface area contributed by atoms with E-state index in [0.29, 0.717) is 4.90 Å². The summed E-state index contributed by atoms with van der Waals surface area (Å²) in [6, 6.07) is 6.07. The predicted molar refractivity (Wildman–Crippen MR) is 58.1 cm³/mol. The minimum absolute atomic E-state index is 0.0568. The summed E-state index contributed by atoms with van der Waals surface area (Å²) in [7, 11) is -1.35. The van der Waals surface area contributed by atoms with Gasteiger partial charge in [0.2, 0.25) is 0 Å². The van der Waals surface area contributed by atoms with Crippen LogP contribution in [0.1, 0.15) is 5.56 Å². The second-order valence-electron chi connectivity index (χ2n) is 3.27. The quantitative estimate of drug-likeness (QED) is 0.785. The van der Waals surface area contributed by atoms with E-state index in [1.54, 1.807) is 18.2 Å². The minimum Gasteiger partial charge on any atom is -0.480 e. The highest BCUT2D eigenvalue weighted by Crippen LogP contribution is 2.09. The fourth-order valence-corrected chi connectivity index (χ4v) is 2.30. The lowest BCUT2D eigenvalue weighted by Crippen LogP contribution is -2.35. The molecule has 1 aromatic rings. The molecule has 0 aliphatic carbocycles. The number of rotatable bonds is 4. The number of hydrogen-bond donors (Lipinski definition) is 2. The van der Waals surface area contributed by atoms with E-state index in [-0.39, 0.29) is 5.75 Å². The number of nitrogens with two attached hydrogens (primary N) is 1. The zero-order chi connectivity index (χ0) is 11.4. The first-order chi connectivity index (χ1) is 7.00. The highest BCUT2D eigenvalue weighted by Gasteiger charge is 2.16. The monoisotopic (exact) mass is 227 g/mol. The highest BCUT2D eigenvalue weighted by atomic mass is 32.2. The van der Waals surface area contributed by atoms with Gasteiger partial charge in [-0.15, -0.1) is 0 Å². The topological polar surface area (TPSA) is 80.4 Å². The third kappa shape index (κ3) is 3.45. The van der Waals surface area contributed by atoms with Crippen LogP contribution in [-0.2, 0) is 15.6 Å². The number of carboxylic acid groups (broad SMARTS) is 1. The lowest BCUT2D eigenvalue weighted by molar-refractivity contribution is -0.137. The van der Waals surface area contributed by atoms with Crippen LogP contribution >= 0.6 is 0 Å². The first-order valence-corrected chi connectivity index (χ1v) is 5.76. The number of hydrogen-bond acceptors (Lipinski definition) is 3. The molecule has 0 bridgehead atoms. The maximum absolute atomic E-state index is 11.7. The lowest BCUT2D eigenvalue weighted by Gasteiger charge is -2.06. The Morgan fingerprint density at radius 2 is 2.27 bits per heavy atom. The summed E-state index contributed by atoms with van der Waals surface area (Å²) in [5.74, 6) is -1.19. The Bertz CT molecular complexity index is 392. The Morgan fingerprint density at radius 3 is 2.80 bits per heavy atom. The number of aryl methyl sites for hydroxylation is 1. The molecule has 0 heterocycles. The Balaban J connectivity index is 2.73. The maximum atomic E-state index is 11.7. The molecule has 0 fully saturated rings. The molecule has 1 rings (SSSR count). The lowest BCUT2D eigenvalue weighted by atomic mass is 10.2. The van der Waals surface area contributed by atoms with Gasteiger partial charge in [-0.25, -0.2) is 0 Å². The molecule has 2 atom stereocenters. The van der Waals surface area contributed by atoms with E-state index in [1.807, 2.05) is 13.0 Å². The number of benzene rings is 1. The molecule has 15 heavy (non-hydrogen) atoms. The van der Waals surface area contributed by atoms with Crippen molar-refractivity contribution in [2.45, 2.75) is 17.9 Å². The molecule has 0 amide bonds. The Kier molecular flexibility index (Phi) is 3.99. The molecule has 0 aromatic heterocycles. The molecule has 0 spiro atoms. The van der Waals surface area contributed by atoms with Crippen molar-refractivity contribution in [1.29, 1.82) is 0 Å². The minimum atomic E-state index is -1.35. The van der Waals surface area contributed by atoms with Crippen LogP contribution in [0.25, 0.3) is 0 Å². The van der Waals surface area contributed by atoms with Crippen molar-refractivity contribution in [2.24, 2.45) is 5.73 Å². The van der Waals surface area contributed by atoms with Crippen molar-refractivity contribution in [3.63, 3.8) is 0 Å². The van der Waals surface area contributed by atoms with Crippen LogP contribution in [0.5, 0.6) is 0 Å². The summed E-state index contributed by atoms with van der Waals surface area (Å²) in [5.41, 5.74) is 6.29. The van der Waals surface area contributed by atoms with Crippen molar-refractivity contribution >= 4 is 16.8 Å². The van der Waals surface area contributed by atoms with Gasteiger partial charge in [0.05, 0.1) is 16.6 Å². The third-order valence-corrected chi connectivity index (χ3v) is 3.34. The first kappa shape index (κ1) is 11.9. The van der Waals surface area contributed by atoms with E-state index in [0.717, 1.165) is 5.56 Å². The van der Waals surface area contributed by atoms with Gasteiger partial charge in [0.15, 0.2) is 0 Å². The molecule has 0 aliphatic rings. The Hall–Kier alpha value is -1.20. The van der Waals surface area contributed by atoms with E-state index >= 15 is 0 Å². The van der Waals surface area contributed by atoms with Gasteiger partial charge in [0.25, 0.3) is 0 Å². The summed E-state index contributed by atoms with van der Waals surface area (Å²) < 4.78 is 11.7. The molecule has 0 radical (unpaired) electrons. The van der Waals surface area contributed by atoms with Crippen molar-refractivity contribution in [3.8, 4) is 0 Å². The van der Waals surface area contributed by atoms with Crippen molar-refractivity contribution < 1.29 is 14.1 Å². The molecule has 4 nitrogen and oxygen atoms in total. The van der Waals surface area contributed by atoms with E-state index in [2.05, 4.69) is 0 Å². The number of carboxylic acids is 1. The molecule has 82 valence electrons. The predicted octanol–water partition coefficient (Wildman–Crippen LogP) is 0.515. The van der Waals surface area contributed by atoms with Crippen LogP contribution in [0, 0.1) is 6.92 Å². The van der Waals surface area contributed by atoms with Crippen molar-refractivity contribution in [1.82, 2.24) is 0 Å². The zero-order valence-electron chi connectivity index (χ0n) is 8.34. The molecule has 1 aromatic carbocycles.